The lowest BCUT2D eigenvalue weighted by atomic mass is 10.0. The van der Waals surface area contributed by atoms with Crippen molar-refractivity contribution in [1.29, 1.82) is 0 Å². The van der Waals surface area contributed by atoms with Crippen molar-refractivity contribution in [3.8, 4) is 0 Å². The summed E-state index contributed by atoms with van der Waals surface area (Å²) in [6.07, 6.45) is 2.34. The van der Waals surface area contributed by atoms with Crippen molar-refractivity contribution in [1.82, 2.24) is 10.2 Å². The summed E-state index contributed by atoms with van der Waals surface area (Å²) in [5, 5.41) is 4.46. The molecule has 1 N–H and O–H groups in total. The summed E-state index contributed by atoms with van der Waals surface area (Å²) in [6.45, 7) is 8.77. The van der Waals surface area contributed by atoms with Crippen LogP contribution in [0.2, 0.25) is 5.02 Å². The van der Waals surface area contributed by atoms with Crippen molar-refractivity contribution in [2.75, 3.05) is 20.1 Å². The van der Waals surface area contributed by atoms with E-state index in [0.29, 0.717) is 12.1 Å². The molecule has 19 heavy (non-hydrogen) atoms. The van der Waals surface area contributed by atoms with Crippen LogP contribution in [0.4, 0.5) is 0 Å². The zero-order chi connectivity index (χ0) is 14.3. The molecule has 0 fully saturated rings. The molecule has 3 heteroatoms. The number of likely N-dealkylation sites (N-methyl/N-ethyl adjacent to an activating group) is 1. The summed E-state index contributed by atoms with van der Waals surface area (Å²) >= 11 is 5.95. The molecule has 0 aliphatic carbocycles. The standard InChI is InChI=1S/C16H27ClN2/c1-5-6-16(14-7-9-15(17)10-8-14)18-11-12-19(4)13(2)3/h7-10,13,16,18H,5-6,11-12H2,1-4H3. The molecule has 0 aliphatic rings. The van der Waals surface area contributed by atoms with Gasteiger partial charge in [0.25, 0.3) is 0 Å². The van der Waals surface area contributed by atoms with Crippen LogP contribution in [0.25, 0.3) is 0 Å². The maximum atomic E-state index is 5.95. The van der Waals surface area contributed by atoms with Crippen LogP contribution in [-0.4, -0.2) is 31.1 Å². The quantitative estimate of drug-likeness (QED) is 0.772. The van der Waals surface area contributed by atoms with Crippen LogP contribution in [0.5, 0.6) is 0 Å². The van der Waals surface area contributed by atoms with Gasteiger partial charge in [0.2, 0.25) is 0 Å². The molecule has 0 aromatic heterocycles. The number of rotatable bonds is 8. The molecule has 0 saturated heterocycles. The van der Waals surface area contributed by atoms with Crippen LogP contribution >= 0.6 is 11.6 Å². The predicted octanol–water partition coefficient (Wildman–Crippen LogP) is 4.11. The Labute approximate surface area is 123 Å². The van der Waals surface area contributed by atoms with E-state index in [0.717, 1.165) is 24.5 Å². The summed E-state index contributed by atoms with van der Waals surface area (Å²) in [5.74, 6) is 0. The molecule has 2 nitrogen and oxygen atoms in total. The van der Waals surface area contributed by atoms with E-state index in [1.807, 2.05) is 12.1 Å². The SMILES string of the molecule is CCCC(NCCN(C)C(C)C)c1ccc(Cl)cc1. The highest BCUT2D eigenvalue weighted by Crippen LogP contribution is 2.20. The van der Waals surface area contributed by atoms with E-state index in [2.05, 4.69) is 50.2 Å². The maximum Gasteiger partial charge on any atom is 0.0406 e. The second kappa shape index (κ2) is 8.57. The number of nitrogens with zero attached hydrogens (tertiary/aromatic N) is 1. The van der Waals surface area contributed by atoms with Gasteiger partial charge in [-0.05, 0) is 45.0 Å². The lowest BCUT2D eigenvalue weighted by Crippen LogP contribution is -2.35. The van der Waals surface area contributed by atoms with Crippen molar-refractivity contribution in [2.45, 2.75) is 45.7 Å². The van der Waals surface area contributed by atoms with Crippen LogP contribution in [0.1, 0.15) is 45.2 Å². The average Bonchev–Trinajstić information content (AvgIpc) is 2.38. The molecule has 0 heterocycles. The summed E-state index contributed by atoms with van der Waals surface area (Å²) in [5.41, 5.74) is 1.33. The van der Waals surface area contributed by atoms with E-state index in [9.17, 15) is 0 Å². The van der Waals surface area contributed by atoms with Crippen LogP contribution < -0.4 is 5.32 Å². The van der Waals surface area contributed by atoms with Crippen molar-refractivity contribution in [3.05, 3.63) is 34.9 Å². The minimum atomic E-state index is 0.433. The Morgan fingerprint density at radius 2 is 1.84 bits per heavy atom. The highest BCUT2D eigenvalue weighted by molar-refractivity contribution is 6.30. The molecule has 0 aliphatic heterocycles. The molecule has 0 bridgehead atoms. The minimum Gasteiger partial charge on any atom is -0.309 e. The molecule has 0 spiro atoms. The summed E-state index contributed by atoms with van der Waals surface area (Å²) in [6, 6.07) is 9.23. The van der Waals surface area contributed by atoms with Crippen molar-refractivity contribution < 1.29 is 0 Å². The summed E-state index contributed by atoms with van der Waals surface area (Å²) in [7, 11) is 2.17. The number of hydrogen-bond acceptors (Lipinski definition) is 2. The lowest BCUT2D eigenvalue weighted by molar-refractivity contribution is 0.267. The van der Waals surface area contributed by atoms with Gasteiger partial charge in [-0.2, -0.15) is 0 Å². The monoisotopic (exact) mass is 282 g/mol. The molecule has 1 atom stereocenters. The summed E-state index contributed by atoms with van der Waals surface area (Å²) < 4.78 is 0. The second-order valence-electron chi connectivity index (χ2n) is 5.42. The summed E-state index contributed by atoms with van der Waals surface area (Å²) in [4.78, 5) is 2.36. The van der Waals surface area contributed by atoms with Crippen LogP contribution in [0.3, 0.4) is 0 Å². The molecule has 1 unspecified atom stereocenters. The first kappa shape index (κ1) is 16.5. The Kier molecular flexibility index (Phi) is 7.44. The van der Waals surface area contributed by atoms with Gasteiger partial charge in [-0.25, -0.2) is 0 Å². The highest BCUT2D eigenvalue weighted by Gasteiger charge is 2.10. The fourth-order valence-corrected chi connectivity index (χ4v) is 2.17. The van der Waals surface area contributed by atoms with Gasteiger partial charge in [-0.15, -0.1) is 0 Å². The van der Waals surface area contributed by atoms with Gasteiger partial charge in [-0.1, -0.05) is 37.1 Å². The van der Waals surface area contributed by atoms with Gasteiger partial charge in [0, 0.05) is 30.2 Å². The fraction of sp³-hybridized carbons (Fsp3) is 0.625. The number of halogens is 1. The Morgan fingerprint density at radius 1 is 1.21 bits per heavy atom. The number of hydrogen-bond donors (Lipinski definition) is 1. The van der Waals surface area contributed by atoms with Crippen molar-refractivity contribution >= 4 is 11.6 Å². The van der Waals surface area contributed by atoms with Gasteiger partial charge in [0.1, 0.15) is 0 Å². The van der Waals surface area contributed by atoms with Gasteiger partial charge in [0.15, 0.2) is 0 Å². The molecular weight excluding hydrogens is 256 g/mol. The lowest BCUT2D eigenvalue weighted by Gasteiger charge is -2.24. The van der Waals surface area contributed by atoms with Crippen molar-refractivity contribution in [3.63, 3.8) is 0 Å². The van der Waals surface area contributed by atoms with Gasteiger partial charge >= 0.3 is 0 Å². The normalized spacial score (nSPS) is 13.2. The minimum absolute atomic E-state index is 0.433. The van der Waals surface area contributed by atoms with E-state index >= 15 is 0 Å². The smallest absolute Gasteiger partial charge is 0.0406 e. The molecule has 108 valence electrons. The molecule has 0 saturated carbocycles. The van der Waals surface area contributed by atoms with E-state index in [1.165, 1.54) is 12.0 Å². The van der Waals surface area contributed by atoms with Crippen LogP contribution in [-0.2, 0) is 0 Å². The van der Waals surface area contributed by atoms with E-state index < -0.39 is 0 Å². The van der Waals surface area contributed by atoms with E-state index in [1.54, 1.807) is 0 Å². The zero-order valence-electron chi connectivity index (χ0n) is 12.6. The molecule has 1 aromatic rings. The molecule has 1 rings (SSSR count). The van der Waals surface area contributed by atoms with Gasteiger partial charge in [-0.3, -0.25) is 0 Å². The third kappa shape index (κ3) is 5.94. The Balaban J connectivity index is 2.51. The topological polar surface area (TPSA) is 15.3 Å². The predicted molar refractivity (Wildman–Crippen MR) is 84.9 cm³/mol. The first-order valence-corrected chi connectivity index (χ1v) is 7.61. The Hall–Kier alpha value is -0.570. The first-order valence-electron chi connectivity index (χ1n) is 7.23. The molecule has 0 radical (unpaired) electrons. The Bertz CT molecular complexity index is 348. The number of nitrogens with one attached hydrogen (secondary N) is 1. The molecule has 1 aromatic carbocycles. The number of benzene rings is 1. The zero-order valence-corrected chi connectivity index (χ0v) is 13.4. The third-order valence-corrected chi connectivity index (χ3v) is 3.84. The second-order valence-corrected chi connectivity index (χ2v) is 5.86. The third-order valence-electron chi connectivity index (χ3n) is 3.59. The van der Waals surface area contributed by atoms with Crippen LogP contribution in [0, 0.1) is 0 Å². The molecule has 0 amide bonds. The first-order chi connectivity index (χ1) is 9.04. The average molecular weight is 283 g/mol. The molecular formula is C16H27ClN2. The largest absolute Gasteiger partial charge is 0.309 e. The fourth-order valence-electron chi connectivity index (χ4n) is 2.04. The Morgan fingerprint density at radius 3 is 2.37 bits per heavy atom. The van der Waals surface area contributed by atoms with E-state index in [-0.39, 0.29) is 0 Å². The maximum absolute atomic E-state index is 5.95. The van der Waals surface area contributed by atoms with Gasteiger partial charge < -0.3 is 10.2 Å². The van der Waals surface area contributed by atoms with Crippen LogP contribution in [0.15, 0.2) is 24.3 Å². The van der Waals surface area contributed by atoms with Crippen molar-refractivity contribution in [2.24, 2.45) is 0 Å². The highest BCUT2D eigenvalue weighted by atomic mass is 35.5. The van der Waals surface area contributed by atoms with E-state index in [4.69, 9.17) is 11.6 Å². The van der Waals surface area contributed by atoms with Gasteiger partial charge in [0.05, 0.1) is 0 Å².